The average molecular weight is 456 g/mol. The van der Waals surface area contributed by atoms with E-state index in [0.717, 1.165) is 32.8 Å². The molecule has 1 amide bonds. The van der Waals surface area contributed by atoms with Crippen LogP contribution in [-0.2, 0) is 10.0 Å². The molecule has 0 spiro atoms. The molecule has 0 saturated carbocycles. The van der Waals surface area contributed by atoms with Crippen LogP contribution in [0.3, 0.4) is 0 Å². The Labute approximate surface area is 183 Å². The van der Waals surface area contributed by atoms with Crippen molar-refractivity contribution in [1.82, 2.24) is 9.29 Å². The Bertz CT molecular complexity index is 1390. The van der Waals surface area contributed by atoms with E-state index in [0.29, 0.717) is 10.8 Å². The Kier molecular flexibility index (Phi) is 5.57. The summed E-state index contributed by atoms with van der Waals surface area (Å²) >= 11 is 1.25. The van der Waals surface area contributed by atoms with Crippen LogP contribution >= 0.6 is 11.3 Å². The lowest BCUT2D eigenvalue weighted by Crippen LogP contribution is -2.24. The molecule has 0 bridgehead atoms. The molecule has 0 aliphatic rings. The second kappa shape index (κ2) is 8.18. The Morgan fingerprint density at radius 2 is 1.81 bits per heavy atom. The third-order valence-corrected chi connectivity index (χ3v) is 7.33. The minimum absolute atomic E-state index is 0.0173. The molecule has 1 N–H and O–H groups in total. The maximum atomic E-state index is 14.1. The van der Waals surface area contributed by atoms with Crippen LogP contribution in [0.4, 0.5) is 9.52 Å². The number of aromatic nitrogens is 1. The molecule has 0 fully saturated rings. The number of halogens is 1. The third kappa shape index (κ3) is 4.07. The number of benzene rings is 3. The van der Waals surface area contributed by atoms with Crippen LogP contribution in [0.15, 0.2) is 70.9 Å². The number of carbonyl (C=O) groups excluding carboxylic acids is 1. The average Bonchev–Trinajstić information content (AvgIpc) is 3.21. The van der Waals surface area contributed by atoms with Gasteiger partial charge >= 0.3 is 0 Å². The van der Waals surface area contributed by atoms with Gasteiger partial charge in [-0.3, -0.25) is 10.1 Å². The van der Waals surface area contributed by atoms with E-state index in [1.165, 1.54) is 31.5 Å². The fourth-order valence-electron chi connectivity index (χ4n) is 3.11. The van der Waals surface area contributed by atoms with E-state index in [2.05, 4.69) is 10.3 Å². The third-order valence-electron chi connectivity index (χ3n) is 4.74. The van der Waals surface area contributed by atoms with Crippen LogP contribution in [0.1, 0.15) is 10.4 Å². The molecule has 1 aromatic heterocycles. The number of nitrogens with one attached hydrogen (secondary N) is 1. The Hall–Kier alpha value is -3.14. The molecule has 3 aromatic carbocycles. The summed E-state index contributed by atoms with van der Waals surface area (Å²) in [6.07, 6.45) is 0. The SMILES string of the molecule is CN(C)S(=O)(=O)c1cc(C(=O)Nc2nc(-c3cccc4ccccc34)cs2)ccc1F. The van der Waals surface area contributed by atoms with Gasteiger partial charge in [0.25, 0.3) is 5.91 Å². The smallest absolute Gasteiger partial charge is 0.257 e. The van der Waals surface area contributed by atoms with Crippen molar-refractivity contribution < 1.29 is 17.6 Å². The van der Waals surface area contributed by atoms with Crippen LogP contribution in [-0.4, -0.2) is 37.7 Å². The minimum atomic E-state index is -4.02. The fraction of sp³-hybridized carbons (Fsp3) is 0.0909. The van der Waals surface area contributed by atoms with Crippen molar-refractivity contribution >= 4 is 43.2 Å². The van der Waals surface area contributed by atoms with Crippen LogP contribution in [0.2, 0.25) is 0 Å². The number of sulfonamides is 1. The minimum Gasteiger partial charge on any atom is -0.298 e. The highest BCUT2D eigenvalue weighted by molar-refractivity contribution is 7.89. The zero-order valence-corrected chi connectivity index (χ0v) is 18.3. The van der Waals surface area contributed by atoms with Gasteiger partial charge in [0.15, 0.2) is 5.13 Å². The van der Waals surface area contributed by atoms with Gasteiger partial charge in [-0.05, 0) is 29.0 Å². The summed E-state index contributed by atoms with van der Waals surface area (Å²) in [4.78, 5) is 16.6. The van der Waals surface area contributed by atoms with Gasteiger partial charge in [-0.1, -0.05) is 42.5 Å². The van der Waals surface area contributed by atoms with Crippen LogP contribution in [0.5, 0.6) is 0 Å². The topological polar surface area (TPSA) is 79.4 Å². The number of amides is 1. The zero-order chi connectivity index (χ0) is 22.2. The highest BCUT2D eigenvalue weighted by Crippen LogP contribution is 2.31. The molecule has 0 aliphatic carbocycles. The number of rotatable bonds is 5. The van der Waals surface area contributed by atoms with Crippen molar-refractivity contribution in [2.45, 2.75) is 4.90 Å². The van der Waals surface area contributed by atoms with Gasteiger partial charge in [0.1, 0.15) is 10.7 Å². The summed E-state index contributed by atoms with van der Waals surface area (Å²) in [5.74, 6) is -1.49. The van der Waals surface area contributed by atoms with Crippen LogP contribution in [0.25, 0.3) is 22.0 Å². The molecular formula is C22H18FN3O3S2. The summed E-state index contributed by atoms with van der Waals surface area (Å²) in [6.45, 7) is 0. The lowest BCUT2D eigenvalue weighted by molar-refractivity contribution is 0.102. The van der Waals surface area contributed by atoms with E-state index in [-0.39, 0.29) is 5.56 Å². The van der Waals surface area contributed by atoms with Crippen LogP contribution in [0, 0.1) is 5.82 Å². The van der Waals surface area contributed by atoms with E-state index < -0.39 is 26.6 Å². The van der Waals surface area contributed by atoms with Gasteiger partial charge in [-0.15, -0.1) is 11.3 Å². The summed E-state index contributed by atoms with van der Waals surface area (Å²) < 4.78 is 39.6. The summed E-state index contributed by atoms with van der Waals surface area (Å²) in [5, 5.41) is 6.98. The van der Waals surface area contributed by atoms with E-state index in [4.69, 9.17) is 0 Å². The molecule has 0 atom stereocenters. The molecule has 9 heteroatoms. The highest BCUT2D eigenvalue weighted by Gasteiger charge is 2.23. The van der Waals surface area contributed by atoms with E-state index in [1.54, 1.807) is 0 Å². The first kappa shape index (κ1) is 21.1. The van der Waals surface area contributed by atoms with Gasteiger partial charge in [0, 0.05) is 30.6 Å². The highest BCUT2D eigenvalue weighted by atomic mass is 32.2. The number of nitrogens with zero attached hydrogens (tertiary/aromatic N) is 2. The Balaban J connectivity index is 1.62. The molecule has 6 nitrogen and oxygen atoms in total. The number of carbonyl (C=O) groups is 1. The number of hydrogen-bond donors (Lipinski definition) is 1. The molecule has 4 aromatic rings. The second-order valence-electron chi connectivity index (χ2n) is 6.95. The summed E-state index contributed by atoms with van der Waals surface area (Å²) in [7, 11) is -1.43. The number of hydrogen-bond acceptors (Lipinski definition) is 5. The predicted octanol–water partition coefficient (Wildman–Crippen LogP) is 4.61. The Morgan fingerprint density at radius 1 is 1.06 bits per heavy atom. The monoisotopic (exact) mass is 455 g/mol. The lowest BCUT2D eigenvalue weighted by Gasteiger charge is -2.13. The van der Waals surface area contributed by atoms with Crippen molar-refractivity contribution in [2.24, 2.45) is 0 Å². The molecule has 0 saturated heterocycles. The molecular weight excluding hydrogens is 437 g/mol. The normalized spacial score (nSPS) is 11.7. The van der Waals surface area contributed by atoms with E-state index >= 15 is 0 Å². The van der Waals surface area contributed by atoms with Crippen molar-refractivity contribution in [1.29, 1.82) is 0 Å². The summed E-state index contributed by atoms with van der Waals surface area (Å²) in [6, 6.07) is 17.1. The van der Waals surface area contributed by atoms with E-state index in [9.17, 15) is 17.6 Å². The van der Waals surface area contributed by atoms with Crippen molar-refractivity contribution in [3.05, 3.63) is 77.4 Å². The molecule has 1 heterocycles. The van der Waals surface area contributed by atoms with E-state index in [1.807, 2.05) is 47.8 Å². The molecule has 0 aliphatic heterocycles. The van der Waals surface area contributed by atoms with Gasteiger partial charge in [-0.25, -0.2) is 22.1 Å². The second-order valence-corrected chi connectivity index (χ2v) is 9.93. The molecule has 0 unspecified atom stereocenters. The van der Waals surface area contributed by atoms with Crippen molar-refractivity contribution in [3.8, 4) is 11.3 Å². The van der Waals surface area contributed by atoms with Gasteiger partial charge in [-0.2, -0.15) is 0 Å². The summed E-state index contributed by atoms with van der Waals surface area (Å²) in [5.41, 5.74) is 1.67. The first-order valence-electron chi connectivity index (χ1n) is 9.24. The van der Waals surface area contributed by atoms with Gasteiger partial charge in [0.2, 0.25) is 10.0 Å². The molecule has 0 radical (unpaired) electrons. The molecule has 4 rings (SSSR count). The largest absolute Gasteiger partial charge is 0.298 e. The van der Waals surface area contributed by atoms with Crippen molar-refractivity contribution in [2.75, 3.05) is 19.4 Å². The number of thiazole rings is 1. The molecule has 158 valence electrons. The number of anilines is 1. The van der Waals surface area contributed by atoms with Gasteiger partial charge < -0.3 is 0 Å². The first-order chi connectivity index (χ1) is 14.8. The van der Waals surface area contributed by atoms with Gasteiger partial charge in [0.05, 0.1) is 5.69 Å². The Morgan fingerprint density at radius 3 is 2.58 bits per heavy atom. The van der Waals surface area contributed by atoms with Crippen molar-refractivity contribution in [3.63, 3.8) is 0 Å². The zero-order valence-electron chi connectivity index (χ0n) is 16.7. The maximum absolute atomic E-state index is 14.1. The maximum Gasteiger partial charge on any atom is 0.257 e. The first-order valence-corrected chi connectivity index (χ1v) is 11.6. The fourth-order valence-corrected chi connectivity index (χ4v) is 4.80. The van der Waals surface area contributed by atoms with Crippen LogP contribution < -0.4 is 5.32 Å². The standard InChI is InChI=1S/C22H18FN3O3S2/c1-26(2)31(28,29)20-12-15(10-11-18(20)23)21(27)25-22-24-19(13-30-22)17-9-5-7-14-6-3-4-8-16(14)17/h3-13H,1-2H3,(H,24,25,27). The predicted molar refractivity (Wildman–Crippen MR) is 120 cm³/mol. The molecule has 31 heavy (non-hydrogen) atoms. The number of fused-ring (bicyclic) bond motifs is 1. The quantitative estimate of drug-likeness (QED) is 0.477. The lowest BCUT2D eigenvalue weighted by atomic mass is 10.0.